The Morgan fingerprint density at radius 2 is 1.33 bits per heavy atom. The molecule has 122 valence electrons. The number of rotatable bonds is 2. The molecule has 24 heavy (non-hydrogen) atoms. The average molecular weight is 381 g/mol. The fourth-order valence-electron chi connectivity index (χ4n) is 6.81. The van der Waals surface area contributed by atoms with E-state index in [-0.39, 0.29) is 22.2 Å². The van der Waals surface area contributed by atoms with Gasteiger partial charge in [-0.3, -0.25) is 0 Å². The molecule has 1 nitrogen and oxygen atoms in total. The zero-order valence-electron chi connectivity index (χ0n) is 13.9. The molecule has 0 amide bonds. The molecule has 0 heterocycles. The van der Waals surface area contributed by atoms with E-state index in [1.807, 2.05) is 0 Å². The average Bonchev–Trinajstić information content (AvgIpc) is 2.83. The standard InChI is InChI=1S/C22H21BrO/c1-20(2)21(14-9-5-3-6-10-14)16-13-17(23)19(24)18(16)22(20,21)15-11-7-4-8-12-15/h3-13,16,18-19,24H,1-2H3/t16-,18-,19+,21+,22+/m1/s1. The van der Waals surface area contributed by atoms with E-state index < -0.39 is 6.10 Å². The highest BCUT2D eigenvalue weighted by Gasteiger charge is 2.96. The molecule has 0 saturated heterocycles. The molecular weight excluding hydrogens is 360 g/mol. The van der Waals surface area contributed by atoms with Gasteiger partial charge in [0.2, 0.25) is 0 Å². The van der Waals surface area contributed by atoms with Crippen molar-refractivity contribution >= 4 is 15.9 Å². The van der Waals surface area contributed by atoms with Crippen LogP contribution in [0.1, 0.15) is 25.0 Å². The summed E-state index contributed by atoms with van der Waals surface area (Å²) in [5, 5.41) is 10.9. The number of aliphatic hydroxyl groups is 1. The molecule has 2 aromatic carbocycles. The van der Waals surface area contributed by atoms with Gasteiger partial charge in [-0.15, -0.1) is 0 Å². The van der Waals surface area contributed by atoms with Crippen LogP contribution in [-0.2, 0) is 10.8 Å². The zero-order chi connectivity index (χ0) is 16.7. The van der Waals surface area contributed by atoms with Crippen molar-refractivity contribution in [3.63, 3.8) is 0 Å². The lowest BCUT2D eigenvalue weighted by molar-refractivity contribution is 0.0334. The van der Waals surface area contributed by atoms with Gasteiger partial charge in [0.25, 0.3) is 0 Å². The van der Waals surface area contributed by atoms with Gasteiger partial charge in [0.05, 0.1) is 6.10 Å². The summed E-state index contributed by atoms with van der Waals surface area (Å²) >= 11 is 3.61. The van der Waals surface area contributed by atoms with Gasteiger partial charge in [0.15, 0.2) is 0 Å². The first-order valence-corrected chi connectivity index (χ1v) is 9.47. The maximum Gasteiger partial charge on any atom is 0.0894 e. The van der Waals surface area contributed by atoms with Crippen LogP contribution in [0.5, 0.6) is 0 Å². The minimum atomic E-state index is -0.395. The minimum Gasteiger partial charge on any atom is -0.388 e. The number of fused-ring (bicyclic) bond motifs is 4. The fraction of sp³-hybridized carbons (Fsp3) is 0.364. The molecule has 2 saturated carbocycles. The molecule has 2 fully saturated rings. The lowest BCUT2D eigenvalue weighted by Gasteiger charge is -2.49. The highest BCUT2D eigenvalue weighted by atomic mass is 79.9. The van der Waals surface area contributed by atoms with Gasteiger partial charge in [-0.25, -0.2) is 0 Å². The van der Waals surface area contributed by atoms with Crippen molar-refractivity contribution in [1.82, 2.24) is 0 Å². The lowest BCUT2D eigenvalue weighted by atomic mass is 9.53. The molecule has 0 radical (unpaired) electrons. The zero-order valence-corrected chi connectivity index (χ0v) is 15.5. The van der Waals surface area contributed by atoms with Crippen LogP contribution in [-0.4, -0.2) is 11.2 Å². The molecular formula is C22H21BrO. The summed E-state index contributed by atoms with van der Waals surface area (Å²) in [7, 11) is 0. The van der Waals surface area contributed by atoms with E-state index in [4.69, 9.17) is 0 Å². The number of halogens is 1. The Morgan fingerprint density at radius 1 is 0.833 bits per heavy atom. The van der Waals surface area contributed by atoms with Crippen molar-refractivity contribution in [3.05, 3.63) is 82.3 Å². The van der Waals surface area contributed by atoms with Gasteiger partial charge >= 0.3 is 0 Å². The molecule has 5 rings (SSSR count). The second-order valence-corrected chi connectivity index (χ2v) is 8.94. The molecule has 2 aromatic rings. The van der Waals surface area contributed by atoms with E-state index in [2.05, 4.69) is 96.5 Å². The van der Waals surface area contributed by atoms with Crippen molar-refractivity contribution in [2.45, 2.75) is 30.8 Å². The summed E-state index contributed by atoms with van der Waals surface area (Å²) < 4.78 is 0.964. The molecule has 1 N–H and O–H groups in total. The molecule has 0 aliphatic heterocycles. The molecule has 3 aliphatic rings. The quantitative estimate of drug-likeness (QED) is 0.792. The number of benzene rings is 2. The Bertz CT molecular complexity index is 841. The number of allylic oxidation sites excluding steroid dienone is 1. The second-order valence-electron chi connectivity index (χ2n) is 8.02. The van der Waals surface area contributed by atoms with Crippen molar-refractivity contribution in [2.75, 3.05) is 0 Å². The van der Waals surface area contributed by atoms with E-state index in [0.29, 0.717) is 5.92 Å². The lowest BCUT2D eigenvalue weighted by Crippen LogP contribution is -2.53. The normalized spacial score (nSPS) is 41.0. The van der Waals surface area contributed by atoms with Crippen LogP contribution in [0.4, 0.5) is 0 Å². The number of aliphatic hydroxyl groups excluding tert-OH is 1. The smallest absolute Gasteiger partial charge is 0.0894 e. The van der Waals surface area contributed by atoms with Gasteiger partial charge in [0.1, 0.15) is 0 Å². The van der Waals surface area contributed by atoms with E-state index in [1.165, 1.54) is 11.1 Å². The monoisotopic (exact) mass is 380 g/mol. The summed E-state index contributed by atoms with van der Waals surface area (Å²) in [6, 6.07) is 21.8. The third kappa shape index (κ3) is 1.25. The minimum absolute atomic E-state index is 0.00127. The van der Waals surface area contributed by atoms with E-state index in [9.17, 15) is 5.11 Å². The summed E-state index contributed by atoms with van der Waals surface area (Å²) in [6.07, 6.45) is 1.88. The number of hydrogen-bond acceptors (Lipinski definition) is 1. The van der Waals surface area contributed by atoms with Gasteiger partial charge in [-0.1, -0.05) is 96.5 Å². The first kappa shape index (κ1) is 14.9. The van der Waals surface area contributed by atoms with E-state index >= 15 is 0 Å². The summed E-state index contributed by atoms with van der Waals surface area (Å²) in [6.45, 7) is 4.78. The van der Waals surface area contributed by atoms with E-state index in [0.717, 1.165) is 4.48 Å². The highest BCUT2D eigenvalue weighted by molar-refractivity contribution is 9.11. The predicted molar refractivity (Wildman–Crippen MR) is 100 cm³/mol. The Kier molecular flexibility index (Phi) is 2.75. The molecule has 0 unspecified atom stereocenters. The molecule has 0 aromatic heterocycles. The van der Waals surface area contributed by atoms with Crippen LogP contribution < -0.4 is 0 Å². The van der Waals surface area contributed by atoms with Crippen molar-refractivity contribution < 1.29 is 5.11 Å². The van der Waals surface area contributed by atoms with Crippen LogP contribution in [0.2, 0.25) is 0 Å². The molecule has 0 spiro atoms. The van der Waals surface area contributed by atoms with Crippen LogP contribution >= 0.6 is 15.9 Å². The summed E-state index contributed by atoms with van der Waals surface area (Å²) in [5.74, 6) is 0.643. The largest absolute Gasteiger partial charge is 0.388 e. The SMILES string of the molecule is CC1(C)[C@]2(c3ccccc3)[C@@H]3[C@@H](C=C(Br)[C@@H]3O)[C@@]12c1ccccc1. The van der Waals surface area contributed by atoms with Crippen molar-refractivity contribution in [3.8, 4) is 0 Å². The Balaban J connectivity index is 1.79. The van der Waals surface area contributed by atoms with Gasteiger partial charge in [-0.2, -0.15) is 0 Å². The van der Waals surface area contributed by atoms with Crippen LogP contribution in [0.15, 0.2) is 71.2 Å². The molecule has 3 aliphatic carbocycles. The Hall–Kier alpha value is -1.38. The predicted octanol–water partition coefficient (Wildman–Crippen LogP) is 4.80. The fourth-order valence-corrected chi connectivity index (χ4v) is 7.38. The van der Waals surface area contributed by atoms with Crippen molar-refractivity contribution in [2.24, 2.45) is 17.3 Å². The Labute approximate surface area is 151 Å². The third-order valence-electron chi connectivity index (χ3n) is 7.34. The molecule has 2 heteroatoms. The van der Waals surface area contributed by atoms with E-state index in [1.54, 1.807) is 0 Å². The first-order chi connectivity index (χ1) is 11.5. The molecule has 0 bridgehead atoms. The molecule has 5 atom stereocenters. The summed E-state index contributed by atoms with van der Waals surface area (Å²) in [5.41, 5.74) is 2.96. The van der Waals surface area contributed by atoms with Crippen molar-refractivity contribution in [1.29, 1.82) is 0 Å². The first-order valence-electron chi connectivity index (χ1n) is 8.67. The highest BCUT2D eigenvalue weighted by Crippen LogP contribution is 2.94. The maximum atomic E-state index is 10.9. The Morgan fingerprint density at radius 3 is 1.88 bits per heavy atom. The third-order valence-corrected chi connectivity index (χ3v) is 8.07. The van der Waals surface area contributed by atoms with Gasteiger partial charge in [-0.05, 0) is 22.5 Å². The topological polar surface area (TPSA) is 20.2 Å². The maximum absolute atomic E-state index is 10.9. The van der Waals surface area contributed by atoms with Crippen LogP contribution in [0, 0.1) is 17.3 Å². The van der Waals surface area contributed by atoms with Crippen LogP contribution in [0.25, 0.3) is 0 Å². The number of hydrogen-bond donors (Lipinski definition) is 1. The van der Waals surface area contributed by atoms with Gasteiger partial charge < -0.3 is 5.11 Å². The van der Waals surface area contributed by atoms with Crippen LogP contribution in [0.3, 0.4) is 0 Å². The summed E-state index contributed by atoms with van der Waals surface area (Å²) in [4.78, 5) is 0. The van der Waals surface area contributed by atoms with Gasteiger partial charge in [0, 0.05) is 21.2 Å². The second kappa shape index (κ2) is 4.42.